The maximum atomic E-state index is 5.96. The van der Waals surface area contributed by atoms with Crippen molar-refractivity contribution in [3.05, 3.63) is 65.7 Å². The molecule has 0 saturated heterocycles. The Kier molecular flexibility index (Phi) is 3.94. The van der Waals surface area contributed by atoms with Gasteiger partial charge in [-0.1, -0.05) is 18.2 Å². The number of H-pyrrole nitrogens is 2. The summed E-state index contributed by atoms with van der Waals surface area (Å²) in [5.74, 6) is 1.89. The minimum absolute atomic E-state index is 0.258. The third kappa shape index (κ3) is 3.06. The first kappa shape index (κ1) is 17.2. The van der Waals surface area contributed by atoms with Gasteiger partial charge >= 0.3 is 0 Å². The number of aromatic nitrogens is 5. The van der Waals surface area contributed by atoms with Crippen molar-refractivity contribution in [2.75, 3.05) is 11.1 Å². The number of nitrogens with one attached hydrogen (secondary N) is 3. The lowest BCUT2D eigenvalue weighted by atomic mass is 10.0. The van der Waals surface area contributed by atoms with E-state index in [1.807, 2.05) is 32.2 Å². The van der Waals surface area contributed by atoms with E-state index in [0.717, 1.165) is 56.0 Å². The molecule has 0 amide bonds. The highest BCUT2D eigenvalue weighted by Gasteiger charge is 2.16. The molecule has 29 heavy (non-hydrogen) atoms. The number of aryl methyl sites for hydroxylation is 2. The number of hydrogen-bond acceptors (Lipinski definition) is 5. The standard InChI is InChI=1S/C22H21N7/c1-12-20(16-4-3-5-17-15(16)8-9-24-17)21(29-22(23)26-12)25-11-14-6-7-18-19(10-14)28-13(2)27-18/h3-10,24H,11H2,1-2H3,(H,27,28)(H3,23,25,26,29). The molecule has 7 nitrogen and oxygen atoms in total. The van der Waals surface area contributed by atoms with Crippen molar-refractivity contribution >= 4 is 33.7 Å². The molecule has 0 unspecified atom stereocenters. The average molecular weight is 383 g/mol. The summed E-state index contributed by atoms with van der Waals surface area (Å²) in [7, 11) is 0. The minimum Gasteiger partial charge on any atom is -0.368 e. The molecule has 0 bridgehead atoms. The molecule has 5 N–H and O–H groups in total. The van der Waals surface area contributed by atoms with Crippen LogP contribution in [0, 0.1) is 13.8 Å². The van der Waals surface area contributed by atoms with Crippen LogP contribution in [-0.2, 0) is 6.54 Å². The molecule has 7 heteroatoms. The van der Waals surface area contributed by atoms with Gasteiger partial charge in [-0.3, -0.25) is 0 Å². The van der Waals surface area contributed by atoms with E-state index in [1.165, 1.54) is 0 Å². The Morgan fingerprint density at radius 2 is 1.90 bits per heavy atom. The lowest BCUT2D eigenvalue weighted by Crippen LogP contribution is -2.08. The summed E-state index contributed by atoms with van der Waals surface area (Å²) in [6.07, 6.45) is 1.94. The Morgan fingerprint density at radius 1 is 1.00 bits per heavy atom. The van der Waals surface area contributed by atoms with E-state index >= 15 is 0 Å². The van der Waals surface area contributed by atoms with Crippen LogP contribution in [0.25, 0.3) is 33.1 Å². The Bertz CT molecular complexity index is 1350. The van der Waals surface area contributed by atoms with Gasteiger partial charge in [-0.15, -0.1) is 0 Å². The second-order valence-electron chi connectivity index (χ2n) is 7.16. The zero-order valence-corrected chi connectivity index (χ0v) is 16.2. The lowest BCUT2D eigenvalue weighted by Gasteiger charge is -2.15. The summed E-state index contributed by atoms with van der Waals surface area (Å²) in [5.41, 5.74) is 13.0. The zero-order valence-electron chi connectivity index (χ0n) is 16.2. The molecule has 0 aliphatic rings. The summed E-state index contributed by atoms with van der Waals surface area (Å²) in [6.45, 7) is 4.52. The quantitative estimate of drug-likeness (QED) is 0.370. The Morgan fingerprint density at radius 3 is 2.79 bits per heavy atom. The van der Waals surface area contributed by atoms with Crippen LogP contribution in [0.5, 0.6) is 0 Å². The molecule has 0 spiro atoms. The molecule has 5 rings (SSSR count). The summed E-state index contributed by atoms with van der Waals surface area (Å²) >= 11 is 0. The number of rotatable bonds is 4. The van der Waals surface area contributed by atoms with Gasteiger partial charge < -0.3 is 21.0 Å². The van der Waals surface area contributed by atoms with Gasteiger partial charge in [0, 0.05) is 29.2 Å². The highest BCUT2D eigenvalue weighted by atomic mass is 15.1. The van der Waals surface area contributed by atoms with E-state index in [9.17, 15) is 0 Å². The second kappa shape index (κ2) is 6.63. The topological polar surface area (TPSA) is 108 Å². The monoisotopic (exact) mass is 383 g/mol. The molecule has 0 aliphatic carbocycles. The van der Waals surface area contributed by atoms with Crippen molar-refractivity contribution in [2.45, 2.75) is 20.4 Å². The molecule has 5 aromatic rings. The number of benzene rings is 2. The fourth-order valence-corrected chi connectivity index (χ4v) is 3.82. The summed E-state index contributed by atoms with van der Waals surface area (Å²) in [5, 5.41) is 4.58. The first-order valence-corrected chi connectivity index (χ1v) is 9.48. The van der Waals surface area contributed by atoms with E-state index in [1.54, 1.807) is 0 Å². The number of nitrogens with two attached hydrogens (primary N) is 1. The Balaban J connectivity index is 1.55. The number of hydrogen-bond donors (Lipinski definition) is 4. The molecule has 144 valence electrons. The fourth-order valence-electron chi connectivity index (χ4n) is 3.82. The van der Waals surface area contributed by atoms with E-state index in [4.69, 9.17) is 5.73 Å². The molecular weight excluding hydrogens is 362 g/mol. The highest BCUT2D eigenvalue weighted by molar-refractivity contribution is 5.98. The van der Waals surface area contributed by atoms with Crippen molar-refractivity contribution < 1.29 is 0 Å². The molecule has 3 aromatic heterocycles. The van der Waals surface area contributed by atoms with Gasteiger partial charge in [0.15, 0.2) is 0 Å². The van der Waals surface area contributed by atoms with Crippen molar-refractivity contribution in [3.8, 4) is 11.1 Å². The molecule has 0 aliphatic heterocycles. The summed E-state index contributed by atoms with van der Waals surface area (Å²) < 4.78 is 0. The van der Waals surface area contributed by atoms with Crippen LogP contribution in [-0.4, -0.2) is 24.9 Å². The number of imidazole rings is 1. The summed E-state index contributed by atoms with van der Waals surface area (Å²) in [4.78, 5) is 19.9. The Labute approximate surface area is 167 Å². The predicted octanol–water partition coefficient (Wildman–Crippen LogP) is 4.31. The van der Waals surface area contributed by atoms with Crippen molar-refractivity contribution in [2.24, 2.45) is 0 Å². The van der Waals surface area contributed by atoms with E-state index < -0.39 is 0 Å². The average Bonchev–Trinajstić information content (AvgIpc) is 3.31. The largest absolute Gasteiger partial charge is 0.368 e. The number of nitrogen functional groups attached to an aromatic ring is 1. The molecule has 0 fully saturated rings. The number of aromatic amines is 2. The SMILES string of the molecule is Cc1nc2cc(CNc3nc(N)nc(C)c3-c3cccc4[nH]ccc34)ccc2[nH]1. The van der Waals surface area contributed by atoms with Gasteiger partial charge in [-0.05, 0) is 49.2 Å². The molecule has 0 saturated carbocycles. The molecule has 0 radical (unpaired) electrons. The van der Waals surface area contributed by atoms with Gasteiger partial charge in [0.05, 0.1) is 16.7 Å². The number of fused-ring (bicyclic) bond motifs is 2. The molecular formula is C22H21N7. The van der Waals surface area contributed by atoms with Gasteiger partial charge in [-0.2, -0.15) is 4.98 Å². The van der Waals surface area contributed by atoms with Gasteiger partial charge in [0.1, 0.15) is 11.6 Å². The van der Waals surface area contributed by atoms with Crippen molar-refractivity contribution in [1.29, 1.82) is 0 Å². The maximum absolute atomic E-state index is 5.96. The van der Waals surface area contributed by atoms with E-state index in [-0.39, 0.29) is 5.95 Å². The normalized spacial score (nSPS) is 11.4. The van der Waals surface area contributed by atoms with E-state index in [2.05, 4.69) is 60.6 Å². The Hall–Kier alpha value is -3.87. The van der Waals surface area contributed by atoms with Crippen molar-refractivity contribution in [3.63, 3.8) is 0 Å². The smallest absolute Gasteiger partial charge is 0.222 e. The van der Waals surface area contributed by atoms with Crippen LogP contribution in [0.3, 0.4) is 0 Å². The van der Waals surface area contributed by atoms with Crippen LogP contribution in [0.4, 0.5) is 11.8 Å². The molecule has 2 aromatic carbocycles. The third-order valence-corrected chi connectivity index (χ3v) is 5.10. The summed E-state index contributed by atoms with van der Waals surface area (Å²) in [6, 6.07) is 14.4. The number of nitrogens with zero attached hydrogens (tertiary/aromatic N) is 3. The zero-order chi connectivity index (χ0) is 20.0. The molecule has 0 atom stereocenters. The first-order chi connectivity index (χ1) is 14.1. The lowest BCUT2D eigenvalue weighted by molar-refractivity contribution is 1.07. The van der Waals surface area contributed by atoms with Crippen LogP contribution >= 0.6 is 0 Å². The molecule has 3 heterocycles. The highest BCUT2D eigenvalue weighted by Crippen LogP contribution is 2.35. The third-order valence-electron chi connectivity index (χ3n) is 5.10. The van der Waals surface area contributed by atoms with Crippen LogP contribution in [0.1, 0.15) is 17.1 Å². The van der Waals surface area contributed by atoms with E-state index in [0.29, 0.717) is 6.54 Å². The predicted molar refractivity (Wildman–Crippen MR) is 117 cm³/mol. The van der Waals surface area contributed by atoms with Crippen LogP contribution < -0.4 is 11.1 Å². The maximum Gasteiger partial charge on any atom is 0.222 e. The first-order valence-electron chi connectivity index (χ1n) is 9.48. The minimum atomic E-state index is 0.258. The number of anilines is 2. The van der Waals surface area contributed by atoms with Gasteiger partial charge in [0.2, 0.25) is 5.95 Å². The van der Waals surface area contributed by atoms with Crippen LogP contribution in [0.15, 0.2) is 48.7 Å². The fraction of sp³-hybridized carbons (Fsp3) is 0.136. The van der Waals surface area contributed by atoms with Gasteiger partial charge in [0.25, 0.3) is 0 Å². The van der Waals surface area contributed by atoms with Crippen molar-refractivity contribution in [1.82, 2.24) is 24.9 Å². The van der Waals surface area contributed by atoms with Crippen LogP contribution in [0.2, 0.25) is 0 Å². The second-order valence-corrected chi connectivity index (χ2v) is 7.16. The van der Waals surface area contributed by atoms with Gasteiger partial charge in [-0.25, -0.2) is 9.97 Å².